The van der Waals surface area contributed by atoms with Crippen molar-refractivity contribution in [1.82, 2.24) is 5.32 Å². The van der Waals surface area contributed by atoms with Gasteiger partial charge >= 0.3 is 0 Å². The lowest BCUT2D eigenvalue weighted by molar-refractivity contribution is 0.182. The van der Waals surface area contributed by atoms with Gasteiger partial charge in [-0.1, -0.05) is 27.2 Å². The van der Waals surface area contributed by atoms with Gasteiger partial charge in [0.15, 0.2) is 0 Å². The van der Waals surface area contributed by atoms with Crippen molar-refractivity contribution in [2.24, 2.45) is 5.92 Å². The first-order valence-electron chi connectivity index (χ1n) is 5.51. The van der Waals surface area contributed by atoms with Gasteiger partial charge in [0.05, 0.1) is 6.10 Å². The highest BCUT2D eigenvalue weighted by Crippen LogP contribution is 2.11. The molecule has 3 atom stereocenters. The summed E-state index contributed by atoms with van der Waals surface area (Å²) in [5.74, 6) is 0.784. The Hall–Kier alpha value is -0.0800. The van der Waals surface area contributed by atoms with Gasteiger partial charge in [0, 0.05) is 12.6 Å². The highest BCUT2D eigenvalue weighted by atomic mass is 16.3. The van der Waals surface area contributed by atoms with E-state index in [2.05, 4.69) is 26.1 Å². The quantitative estimate of drug-likeness (QED) is 0.640. The molecule has 0 unspecified atom stereocenters. The van der Waals surface area contributed by atoms with E-state index in [1.54, 1.807) is 0 Å². The van der Waals surface area contributed by atoms with E-state index in [9.17, 15) is 0 Å². The summed E-state index contributed by atoms with van der Waals surface area (Å²) in [6.45, 7) is 9.25. The zero-order valence-electron chi connectivity index (χ0n) is 9.51. The molecule has 0 bridgehead atoms. The van der Waals surface area contributed by atoms with Crippen LogP contribution in [0.25, 0.3) is 0 Å². The Morgan fingerprint density at radius 1 is 1.15 bits per heavy atom. The number of aliphatic hydroxyl groups excluding tert-OH is 1. The molecule has 0 saturated carbocycles. The van der Waals surface area contributed by atoms with Gasteiger partial charge in [-0.3, -0.25) is 0 Å². The molecule has 0 aliphatic rings. The third kappa shape index (κ3) is 7.03. The first kappa shape index (κ1) is 12.9. The maximum absolute atomic E-state index is 9.13. The van der Waals surface area contributed by atoms with Crippen LogP contribution < -0.4 is 5.32 Å². The van der Waals surface area contributed by atoms with Crippen LogP contribution in [0, 0.1) is 5.92 Å². The monoisotopic (exact) mass is 187 g/mol. The second-order valence-corrected chi connectivity index (χ2v) is 4.11. The zero-order valence-corrected chi connectivity index (χ0v) is 9.51. The lowest BCUT2D eigenvalue weighted by Gasteiger charge is -2.21. The third-order valence-electron chi connectivity index (χ3n) is 2.58. The molecule has 0 spiro atoms. The minimum absolute atomic E-state index is 0.231. The van der Waals surface area contributed by atoms with E-state index < -0.39 is 0 Å². The molecule has 0 aromatic carbocycles. The molecular weight excluding hydrogens is 162 g/mol. The van der Waals surface area contributed by atoms with Crippen molar-refractivity contribution in [3.05, 3.63) is 0 Å². The maximum Gasteiger partial charge on any atom is 0.0636 e. The number of aliphatic hydroxyl groups is 1. The van der Waals surface area contributed by atoms with Gasteiger partial charge in [0.2, 0.25) is 0 Å². The van der Waals surface area contributed by atoms with Crippen LogP contribution in [-0.2, 0) is 0 Å². The van der Waals surface area contributed by atoms with Crippen molar-refractivity contribution in [2.45, 2.75) is 59.1 Å². The molecule has 0 rings (SSSR count). The number of hydrogen-bond donors (Lipinski definition) is 2. The van der Waals surface area contributed by atoms with Gasteiger partial charge in [0.25, 0.3) is 0 Å². The molecule has 2 nitrogen and oxygen atoms in total. The summed E-state index contributed by atoms with van der Waals surface area (Å²) >= 11 is 0. The van der Waals surface area contributed by atoms with E-state index >= 15 is 0 Å². The molecule has 0 aromatic rings. The summed E-state index contributed by atoms with van der Waals surface area (Å²) in [5.41, 5.74) is 0. The Bertz CT molecular complexity index is 115. The van der Waals surface area contributed by atoms with Crippen LogP contribution in [0.2, 0.25) is 0 Å². The van der Waals surface area contributed by atoms with E-state index in [1.165, 1.54) is 12.8 Å². The Morgan fingerprint density at radius 3 is 2.15 bits per heavy atom. The van der Waals surface area contributed by atoms with E-state index in [4.69, 9.17) is 5.11 Å². The first-order valence-corrected chi connectivity index (χ1v) is 5.51. The number of rotatable bonds is 7. The molecule has 80 valence electrons. The van der Waals surface area contributed by atoms with Gasteiger partial charge in [-0.05, 0) is 25.7 Å². The molecule has 0 fully saturated rings. The van der Waals surface area contributed by atoms with Crippen molar-refractivity contribution in [3.8, 4) is 0 Å². The predicted molar refractivity (Wildman–Crippen MR) is 57.8 cm³/mol. The highest BCUT2D eigenvalue weighted by Gasteiger charge is 2.10. The lowest BCUT2D eigenvalue weighted by Crippen LogP contribution is -2.35. The summed E-state index contributed by atoms with van der Waals surface area (Å²) in [4.78, 5) is 0. The van der Waals surface area contributed by atoms with Gasteiger partial charge in [0.1, 0.15) is 0 Å². The zero-order chi connectivity index (χ0) is 10.3. The fraction of sp³-hybridized carbons (Fsp3) is 1.00. The lowest BCUT2D eigenvalue weighted by atomic mass is 9.98. The number of nitrogens with one attached hydrogen (secondary N) is 1. The van der Waals surface area contributed by atoms with Crippen molar-refractivity contribution in [3.63, 3.8) is 0 Å². The van der Waals surface area contributed by atoms with Crippen LogP contribution in [0.4, 0.5) is 0 Å². The SMILES string of the molecule is CC[C@H](C)C[C@@H](CC)NC[C@H](C)O. The molecule has 0 saturated heterocycles. The van der Waals surface area contributed by atoms with Crippen molar-refractivity contribution in [1.29, 1.82) is 0 Å². The molecule has 13 heavy (non-hydrogen) atoms. The normalized spacial score (nSPS) is 18.2. The van der Waals surface area contributed by atoms with Gasteiger partial charge in [-0.25, -0.2) is 0 Å². The average Bonchev–Trinajstić information content (AvgIpc) is 2.11. The smallest absolute Gasteiger partial charge is 0.0636 e. The summed E-state index contributed by atoms with van der Waals surface area (Å²) in [6.07, 6.45) is 3.38. The summed E-state index contributed by atoms with van der Waals surface area (Å²) < 4.78 is 0. The standard InChI is InChI=1S/C11H25NO/c1-5-9(3)7-11(6-2)12-8-10(4)13/h9-13H,5-8H2,1-4H3/t9-,10-,11+/m0/s1. The molecule has 0 heterocycles. The fourth-order valence-corrected chi connectivity index (χ4v) is 1.38. The Morgan fingerprint density at radius 2 is 1.77 bits per heavy atom. The minimum atomic E-state index is -0.231. The first-order chi connectivity index (χ1) is 6.10. The van der Waals surface area contributed by atoms with Crippen LogP contribution in [0.1, 0.15) is 47.0 Å². The Balaban J connectivity index is 3.62. The van der Waals surface area contributed by atoms with E-state index in [1.807, 2.05) is 6.92 Å². The van der Waals surface area contributed by atoms with Crippen molar-refractivity contribution in [2.75, 3.05) is 6.54 Å². The van der Waals surface area contributed by atoms with Gasteiger partial charge < -0.3 is 10.4 Å². The molecule has 0 aliphatic heterocycles. The number of hydrogen-bond acceptors (Lipinski definition) is 2. The Kier molecular flexibility index (Phi) is 7.29. The van der Waals surface area contributed by atoms with E-state index in [0.29, 0.717) is 6.04 Å². The molecular formula is C11H25NO. The molecule has 2 heteroatoms. The van der Waals surface area contributed by atoms with Crippen LogP contribution in [0.15, 0.2) is 0 Å². The topological polar surface area (TPSA) is 32.3 Å². The van der Waals surface area contributed by atoms with Gasteiger partial charge in [-0.2, -0.15) is 0 Å². The Labute approximate surface area is 82.7 Å². The molecule has 0 amide bonds. The van der Waals surface area contributed by atoms with Crippen LogP contribution in [-0.4, -0.2) is 23.8 Å². The van der Waals surface area contributed by atoms with Crippen LogP contribution in [0.5, 0.6) is 0 Å². The van der Waals surface area contributed by atoms with Crippen LogP contribution in [0.3, 0.4) is 0 Å². The fourth-order valence-electron chi connectivity index (χ4n) is 1.38. The maximum atomic E-state index is 9.13. The molecule has 0 radical (unpaired) electrons. The highest BCUT2D eigenvalue weighted by molar-refractivity contribution is 4.69. The van der Waals surface area contributed by atoms with Crippen molar-refractivity contribution >= 4 is 0 Å². The average molecular weight is 187 g/mol. The van der Waals surface area contributed by atoms with E-state index in [-0.39, 0.29) is 6.10 Å². The summed E-state index contributed by atoms with van der Waals surface area (Å²) in [7, 11) is 0. The molecule has 0 aliphatic carbocycles. The second-order valence-electron chi connectivity index (χ2n) is 4.11. The molecule has 0 aromatic heterocycles. The predicted octanol–water partition coefficient (Wildman–Crippen LogP) is 2.17. The van der Waals surface area contributed by atoms with E-state index in [0.717, 1.165) is 18.9 Å². The van der Waals surface area contributed by atoms with Crippen LogP contribution >= 0.6 is 0 Å². The van der Waals surface area contributed by atoms with Crippen molar-refractivity contribution < 1.29 is 5.11 Å². The van der Waals surface area contributed by atoms with Gasteiger partial charge in [-0.15, -0.1) is 0 Å². The summed E-state index contributed by atoms with van der Waals surface area (Å²) in [6, 6.07) is 0.574. The second kappa shape index (κ2) is 7.34. The minimum Gasteiger partial charge on any atom is -0.392 e. The molecule has 2 N–H and O–H groups in total. The third-order valence-corrected chi connectivity index (χ3v) is 2.58. The summed E-state index contributed by atoms with van der Waals surface area (Å²) in [5, 5.41) is 12.5. The largest absolute Gasteiger partial charge is 0.392 e.